The summed E-state index contributed by atoms with van der Waals surface area (Å²) in [6, 6.07) is 16.5. The molecule has 1 amide bonds. The quantitative estimate of drug-likeness (QED) is 0.154. The van der Waals surface area contributed by atoms with E-state index in [1.807, 2.05) is 0 Å². The number of aryl methyl sites for hydroxylation is 1. The first-order chi connectivity index (χ1) is 18.8. The van der Waals surface area contributed by atoms with Crippen molar-refractivity contribution in [1.82, 2.24) is 9.79 Å². The topological polar surface area (TPSA) is 150 Å². The van der Waals surface area contributed by atoms with Gasteiger partial charge in [0.15, 0.2) is 0 Å². The van der Waals surface area contributed by atoms with Crippen molar-refractivity contribution < 1.29 is 40.5 Å². The summed E-state index contributed by atoms with van der Waals surface area (Å²) < 4.78 is 80.3. The first-order valence-corrected chi connectivity index (χ1v) is 14.8. The highest BCUT2D eigenvalue weighted by Crippen LogP contribution is 2.26. The number of amides is 1. The highest BCUT2D eigenvalue weighted by molar-refractivity contribution is 7.89. The second kappa shape index (κ2) is 13.2. The van der Waals surface area contributed by atoms with Crippen molar-refractivity contribution in [2.45, 2.75) is 42.1 Å². The molecule has 0 bridgehead atoms. The molecule has 3 aromatic rings. The van der Waals surface area contributed by atoms with E-state index in [2.05, 4.69) is 6.58 Å². The first kappa shape index (κ1) is 30.9. The number of nitrogens with zero attached hydrogens (tertiary/aromatic N) is 1. The van der Waals surface area contributed by atoms with Crippen LogP contribution in [0.5, 0.6) is 5.75 Å². The Hall–Kier alpha value is -3.62. The van der Waals surface area contributed by atoms with Crippen molar-refractivity contribution in [3.63, 3.8) is 0 Å². The number of hydroxylamine groups is 1. The molecule has 3 aromatic carbocycles. The van der Waals surface area contributed by atoms with E-state index in [1.165, 1.54) is 35.8 Å². The van der Waals surface area contributed by atoms with Crippen LogP contribution in [0.2, 0.25) is 0 Å². The summed E-state index contributed by atoms with van der Waals surface area (Å²) in [4.78, 5) is 12.0. The lowest BCUT2D eigenvalue weighted by Gasteiger charge is -2.29. The SMILES string of the molecule is C=C(F)CC(C(=O)NO)N(Cc1ccccc1)S(=O)(=O)c1ccc(OCCc2cc(C)ccc2S(=O)(=O)O)cc1. The second-order valence-electron chi connectivity index (χ2n) is 8.91. The summed E-state index contributed by atoms with van der Waals surface area (Å²) in [5.74, 6) is -1.80. The molecule has 13 heteroatoms. The Morgan fingerprint density at radius 1 is 1.05 bits per heavy atom. The van der Waals surface area contributed by atoms with E-state index in [-0.39, 0.29) is 35.1 Å². The second-order valence-corrected chi connectivity index (χ2v) is 12.2. The van der Waals surface area contributed by atoms with Gasteiger partial charge >= 0.3 is 0 Å². The maximum absolute atomic E-state index is 13.8. The zero-order valence-electron chi connectivity index (χ0n) is 21.5. The van der Waals surface area contributed by atoms with Crippen molar-refractivity contribution in [2.75, 3.05) is 6.61 Å². The van der Waals surface area contributed by atoms with Crippen LogP contribution in [0, 0.1) is 6.92 Å². The Balaban J connectivity index is 1.84. The van der Waals surface area contributed by atoms with E-state index in [4.69, 9.17) is 4.74 Å². The van der Waals surface area contributed by atoms with Crippen LogP contribution in [0.25, 0.3) is 0 Å². The standard InChI is InChI=1S/C27H29FN2O8S2/c1-19-8-13-26(40(35,36)37)22(16-19)14-15-38-23-9-11-24(12-10-23)39(33,34)30(18-21-6-4-3-5-7-21)25(17-20(2)28)27(31)29-32/h3-13,16,25,32H,2,14-15,17-18H2,1H3,(H,29,31)(H,35,36,37). The third kappa shape index (κ3) is 7.96. The number of halogens is 1. The van der Waals surface area contributed by atoms with Gasteiger partial charge in [-0.05, 0) is 48.4 Å². The summed E-state index contributed by atoms with van der Waals surface area (Å²) in [5.41, 5.74) is 3.07. The van der Waals surface area contributed by atoms with E-state index >= 15 is 0 Å². The zero-order chi connectivity index (χ0) is 29.5. The molecule has 3 N–H and O–H groups in total. The molecule has 0 spiro atoms. The van der Waals surface area contributed by atoms with Crippen LogP contribution in [0.15, 0.2) is 95.0 Å². The van der Waals surface area contributed by atoms with E-state index in [1.54, 1.807) is 49.4 Å². The van der Waals surface area contributed by atoms with Gasteiger partial charge in [-0.15, -0.1) is 0 Å². The van der Waals surface area contributed by atoms with Gasteiger partial charge in [-0.3, -0.25) is 14.6 Å². The van der Waals surface area contributed by atoms with Gasteiger partial charge in [0.05, 0.1) is 22.2 Å². The molecule has 1 unspecified atom stereocenters. The highest BCUT2D eigenvalue weighted by Gasteiger charge is 2.36. The molecular weight excluding hydrogens is 563 g/mol. The smallest absolute Gasteiger partial charge is 0.294 e. The monoisotopic (exact) mass is 592 g/mol. The summed E-state index contributed by atoms with van der Waals surface area (Å²) in [6.45, 7) is 4.63. The maximum Gasteiger partial charge on any atom is 0.294 e. The van der Waals surface area contributed by atoms with Gasteiger partial charge in [0.1, 0.15) is 11.8 Å². The van der Waals surface area contributed by atoms with Gasteiger partial charge < -0.3 is 4.74 Å². The van der Waals surface area contributed by atoms with E-state index in [9.17, 15) is 35.8 Å². The van der Waals surface area contributed by atoms with E-state index in [0.717, 1.165) is 9.87 Å². The summed E-state index contributed by atoms with van der Waals surface area (Å²) in [5, 5.41) is 9.21. The Bertz CT molecular complexity index is 1560. The van der Waals surface area contributed by atoms with E-state index in [0.29, 0.717) is 11.1 Å². The van der Waals surface area contributed by atoms with Crippen molar-refractivity contribution in [3.05, 3.63) is 102 Å². The number of ether oxygens (including phenoxy) is 1. The van der Waals surface area contributed by atoms with Gasteiger partial charge in [-0.25, -0.2) is 18.3 Å². The molecule has 0 heterocycles. The Labute approximate surface area is 232 Å². The molecule has 0 aromatic heterocycles. The minimum atomic E-state index is -4.42. The number of nitrogens with one attached hydrogen (secondary N) is 1. The molecule has 0 saturated carbocycles. The van der Waals surface area contributed by atoms with Crippen LogP contribution in [0.1, 0.15) is 23.1 Å². The van der Waals surface area contributed by atoms with Crippen LogP contribution in [0.4, 0.5) is 4.39 Å². The predicted octanol–water partition coefficient (Wildman–Crippen LogP) is 3.80. The fourth-order valence-corrected chi connectivity index (χ4v) is 6.32. The minimum absolute atomic E-state index is 0.0234. The van der Waals surface area contributed by atoms with Crippen LogP contribution in [-0.4, -0.2) is 49.5 Å². The normalized spacial score (nSPS) is 12.6. The lowest BCUT2D eigenvalue weighted by Crippen LogP contribution is -2.48. The van der Waals surface area contributed by atoms with Crippen molar-refractivity contribution in [3.8, 4) is 5.75 Å². The molecule has 1 atom stereocenters. The van der Waals surface area contributed by atoms with Crippen molar-refractivity contribution >= 4 is 26.0 Å². The molecule has 10 nitrogen and oxygen atoms in total. The molecule has 0 aliphatic heterocycles. The number of hydrogen-bond donors (Lipinski definition) is 3. The maximum atomic E-state index is 13.8. The Kier molecular flexibility index (Phi) is 10.2. The molecular formula is C27H29FN2O8S2. The lowest BCUT2D eigenvalue weighted by atomic mass is 10.1. The molecule has 3 rings (SSSR count). The number of carbonyl (C=O) groups excluding carboxylic acids is 1. The average Bonchev–Trinajstić information content (AvgIpc) is 2.90. The lowest BCUT2D eigenvalue weighted by molar-refractivity contribution is -0.133. The van der Waals surface area contributed by atoms with Gasteiger partial charge in [0.25, 0.3) is 16.0 Å². The zero-order valence-corrected chi connectivity index (χ0v) is 23.2. The molecule has 214 valence electrons. The predicted molar refractivity (Wildman–Crippen MR) is 144 cm³/mol. The highest BCUT2D eigenvalue weighted by atomic mass is 32.2. The van der Waals surface area contributed by atoms with Gasteiger partial charge in [0, 0.05) is 19.4 Å². The third-order valence-electron chi connectivity index (χ3n) is 5.92. The molecule has 0 saturated heterocycles. The van der Waals surface area contributed by atoms with Crippen molar-refractivity contribution in [1.29, 1.82) is 0 Å². The number of carbonyl (C=O) groups is 1. The third-order valence-corrected chi connectivity index (χ3v) is 8.74. The Morgan fingerprint density at radius 3 is 2.27 bits per heavy atom. The summed E-state index contributed by atoms with van der Waals surface area (Å²) in [6.07, 6.45) is -0.531. The number of sulfonamides is 1. The Morgan fingerprint density at radius 2 is 1.70 bits per heavy atom. The van der Waals surface area contributed by atoms with Crippen LogP contribution < -0.4 is 10.2 Å². The number of hydrogen-bond acceptors (Lipinski definition) is 7. The molecule has 0 aliphatic rings. The van der Waals surface area contributed by atoms with Gasteiger partial charge in [-0.1, -0.05) is 54.6 Å². The van der Waals surface area contributed by atoms with Crippen LogP contribution in [-0.2, 0) is 37.9 Å². The van der Waals surface area contributed by atoms with Crippen LogP contribution >= 0.6 is 0 Å². The average molecular weight is 593 g/mol. The van der Waals surface area contributed by atoms with Gasteiger partial charge in [-0.2, -0.15) is 12.7 Å². The van der Waals surface area contributed by atoms with Crippen LogP contribution in [0.3, 0.4) is 0 Å². The summed E-state index contributed by atoms with van der Waals surface area (Å²) >= 11 is 0. The minimum Gasteiger partial charge on any atom is -0.493 e. The fraction of sp³-hybridized carbons (Fsp3) is 0.222. The fourth-order valence-electron chi connectivity index (χ4n) is 4.01. The largest absolute Gasteiger partial charge is 0.493 e. The van der Waals surface area contributed by atoms with Crippen molar-refractivity contribution in [2.24, 2.45) is 0 Å². The number of benzene rings is 3. The van der Waals surface area contributed by atoms with Gasteiger partial charge in [0.2, 0.25) is 10.0 Å². The number of rotatable bonds is 13. The molecule has 0 aliphatic carbocycles. The first-order valence-electron chi connectivity index (χ1n) is 12.0. The van der Waals surface area contributed by atoms with E-state index < -0.39 is 44.3 Å². The molecule has 40 heavy (non-hydrogen) atoms. The molecule has 0 fully saturated rings. The molecule has 0 radical (unpaired) electrons. The summed E-state index contributed by atoms with van der Waals surface area (Å²) in [7, 11) is -8.82.